The molecule has 0 atom stereocenters. The van der Waals surface area contributed by atoms with Gasteiger partial charge in [-0.05, 0) is 85.3 Å². The van der Waals surface area contributed by atoms with Crippen molar-refractivity contribution in [2.45, 2.75) is 38.9 Å². The van der Waals surface area contributed by atoms with Gasteiger partial charge in [0.1, 0.15) is 5.75 Å². The van der Waals surface area contributed by atoms with Crippen molar-refractivity contribution in [3.63, 3.8) is 0 Å². The monoisotopic (exact) mass is 430 g/mol. The van der Waals surface area contributed by atoms with E-state index < -0.39 is 11.2 Å². The molecule has 4 rings (SSSR count). The smallest absolute Gasteiger partial charge is 0.309 e. The summed E-state index contributed by atoms with van der Waals surface area (Å²) in [5.74, 6) is -0.252. The Kier molecular flexibility index (Phi) is 5.31. The number of aliphatic hydroxyl groups is 1. The van der Waals surface area contributed by atoms with E-state index in [-0.39, 0.29) is 17.2 Å². The first kappa shape index (κ1) is 22.0. The summed E-state index contributed by atoms with van der Waals surface area (Å²) in [4.78, 5) is 0. The third kappa shape index (κ3) is 3.88. The Balaban J connectivity index is 1.84. The summed E-state index contributed by atoms with van der Waals surface area (Å²) in [5, 5.41) is 43.8. The van der Waals surface area contributed by atoms with Gasteiger partial charge in [0.15, 0.2) is 11.5 Å². The van der Waals surface area contributed by atoms with Gasteiger partial charge in [0.05, 0.1) is 11.2 Å². The molecule has 0 aliphatic carbocycles. The van der Waals surface area contributed by atoms with E-state index in [4.69, 9.17) is 4.65 Å². The fourth-order valence-corrected chi connectivity index (χ4v) is 3.71. The zero-order chi connectivity index (χ0) is 23.3. The highest BCUT2D eigenvalue weighted by molar-refractivity contribution is 6.47. The minimum Gasteiger partial charge on any atom is -0.508 e. The molecule has 32 heavy (non-hydrogen) atoms. The quantitative estimate of drug-likeness (QED) is 0.215. The number of phenols is 3. The molecule has 164 valence electrons. The first-order valence-electron chi connectivity index (χ1n) is 10.5. The van der Waals surface area contributed by atoms with E-state index in [0.717, 1.165) is 32.7 Å². The molecule has 0 spiro atoms. The van der Waals surface area contributed by atoms with Gasteiger partial charge in [-0.3, -0.25) is 0 Å². The van der Waals surface area contributed by atoms with Crippen LogP contribution in [-0.2, 0) is 4.65 Å². The number of hydrogen-bond donors (Lipinski definition) is 4. The second-order valence-corrected chi connectivity index (χ2v) is 9.24. The van der Waals surface area contributed by atoms with Gasteiger partial charge in [0.25, 0.3) is 0 Å². The van der Waals surface area contributed by atoms with Crippen LogP contribution in [0, 0.1) is 0 Å². The number of aromatic hydroxyl groups is 3. The van der Waals surface area contributed by atoms with E-state index in [9.17, 15) is 20.4 Å². The molecule has 0 bridgehead atoms. The zero-order valence-electron chi connectivity index (χ0n) is 18.7. The summed E-state index contributed by atoms with van der Waals surface area (Å²) in [6.45, 7) is 7.17. The molecule has 4 aromatic rings. The molecule has 6 heteroatoms. The average molecular weight is 430 g/mol. The minimum atomic E-state index is -0.996. The minimum absolute atomic E-state index is 0.115. The number of hydrogen-bond acceptors (Lipinski definition) is 5. The summed E-state index contributed by atoms with van der Waals surface area (Å²) in [5.41, 5.74) is 1.03. The Morgan fingerprint density at radius 1 is 0.812 bits per heavy atom. The normalized spacial score (nSPS) is 12.4. The predicted molar refractivity (Wildman–Crippen MR) is 130 cm³/mol. The summed E-state index contributed by atoms with van der Waals surface area (Å²) >= 11 is 0. The second-order valence-electron chi connectivity index (χ2n) is 9.24. The highest BCUT2D eigenvalue weighted by atomic mass is 16.5. The Bertz CT molecular complexity index is 1320. The first-order chi connectivity index (χ1) is 15.0. The largest absolute Gasteiger partial charge is 0.508 e. The van der Waals surface area contributed by atoms with Crippen molar-refractivity contribution in [2.24, 2.45) is 0 Å². The summed E-state index contributed by atoms with van der Waals surface area (Å²) < 4.78 is 6.03. The van der Waals surface area contributed by atoms with Gasteiger partial charge in [-0.15, -0.1) is 0 Å². The van der Waals surface area contributed by atoms with Crippen LogP contribution in [0.3, 0.4) is 0 Å². The van der Waals surface area contributed by atoms with Crippen LogP contribution in [0.5, 0.6) is 17.2 Å². The number of rotatable bonds is 5. The van der Waals surface area contributed by atoms with E-state index >= 15 is 0 Å². The van der Waals surface area contributed by atoms with Crippen LogP contribution in [0.2, 0.25) is 0 Å². The average Bonchev–Trinajstić information content (AvgIpc) is 2.73. The molecule has 4 N–H and O–H groups in total. The molecule has 0 unspecified atom stereocenters. The molecule has 0 saturated carbocycles. The molecule has 0 aliphatic heterocycles. The van der Waals surface area contributed by atoms with Gasteiger partial charge in [-0.1, -0.05) is 35.8 Å². The maximum absolute atomic E-state index is 10.5. The lowest BCUT2D eigenvalue weighted by Crippen LogP contribution is -2.49. The molecule has 0 aromatic heterocycles. The van der Waals surface area contributed by atoms with Gasteiger partial charge in [0, 0.05) is 5.39 Å². The van der Waals surface area contributed by atoms with Gasteiger partial charge >= 0.3 is 7.48 Å². The van der Waals surface area contributed by atoms with Crippen LogP contribution < -0.4 is 5.46 Å². The number of benzene rings is 4. The van der Waals surface area contributed by atoms with Crippen molar-refractivity contribution in [2.75, 3.05) is 0 Å². The van der Waals surface area contributed by atoms with E-state index in [1.165, 1.54) is 6.07 Å². The maximum Gasteiger partial charge on any atom is 0.309 e. The standard InChI is InChI=1S/C26H27BO5/c1-25(2,31)26(3,4)32-27-17-7-5-6-15(12-17)20-13-16-8-11-22(29)24(30)23(16)19-10-9-18(28)14-21(19)20/h5-14,27-31H,1-4H3. The predicted octanol–water partition coefficient (Wildman–Crippen LogP) is 4.32. The van der Waals surface area contributed by atoms with Crippen LogP contribution in [0.15, 0.2) is 60.7 Å². The van der Waals surface area contributed by atoms with Gasteiger partial charge in [-0.2, -0.15) is 0 Å². The van der Waals surface area contributed by atoms with Crippen molar-refractivity contribution in [3.05, 3.63) is 60.7 Å². The van der Waals surface area contributed by atoms with Crippen LogP contribution in [-0.4, -0.2) is 39.1 Å². The fourth-order valence-electron chi connectivity index (χ4n) is 3.71. The zero-order valence-corrected chi connectivity index (χ0v) is 18.7. The van der Waals surface area contributed by atoms with Crippen LogP contribution in [0.4, 0.5) is 0 Å². The Morgan fingerprint density at radius 3 is 2.28 bits per heavy atom. The van der Waals surface area contributed by atoms with Crippen molar-refractivity contribution in [3.8, 4) is 28.4 Å². The lowest BCUT2D eigenvalue weighted by Gasteiger charge is -2.37. The molecule has 0 aliphatic rings. The third-order valence-corrected chi connectivity index (χ3v) is 6.36. The lowest BCUT2D eigenvalue weighted by molar-refractivity contribution is -0.0893. The molecule has 4 aromatic carbocycles. The summed E-state index contributed by atoms with van der Waals surface area (Å²) in [6, 6.07) is 18.1. The molecule has 0 heterocycles. The van der Waals surface area contributed by atoms with Crippen LogP contribution in [0.25, 0.3) is 32.7 Å². The Labute approximate surface area is 187 Å². The summed E-state index contributed by atoms with van der Waals surface area (Å²) in [7, 11) is 0.330. The summed E-state index contributed by atoms with van der Waals surface area (Å²) in [6.07, 6.45) is 0. The van der Waals surface area contributed by atoms with E-state index in [0.29, 0.717) is 12.9 Å². The number of phenolic OH excluding ortho intramolecular Hbond substituents is 3. The molecule has 0 amide bonds. The number of fused-ring (bicyclic) bond motifs is 3. The molecular formula is C26H27BO5. The Morgan fingerprint density at radius 2 is 1.56 bits per heavy atom. The lowest BCUT2D eigenvalue weighted by atomic mass is 9.81. The SMILES string of the molecule is CC(C)(O)C(C)(C)OBc1cccc(-c2cc3ccc(O)c(O)c3c3ccc(O)cc23)c1. The Hall–Kier alpha value is -3.22. The van der Waals surface area contributed by atoms with Gasteiger partial charge in [-0.25, -0.2) is 0 Å². The van der Waals surface area contributed by atoms with E-state index in [1.54, 1.807) is 38.1 Å². The molecule has 0 radical (unpaired) electrons. The van der Waals surface area contributed by atoms with E-state index in [2.05, 4.69) is 0 Å². The third-order valence-electron chi connectivity index (χ3n) is 6.36. The topological polar surface area (TPSA) is 90.2 Å². The van der Waals surface area contributed by atoms with Gasteiger partial charge in [0.2, 0.25) is 0 Å². The van der Waals surface area contributed by atoms with Crippen molar-refractivity contribution in [1.29, 1.82) is 0 Å². The first-order valence-corrected chi connectivity index (χ1v) is 10.5. The maximum atomic E-state index is 10.5. The van der Waals surface area contributed by atoms with Crippen molar-refractivity contribution < 1.29 is 25.1 Å². The van der Waals surface area contributed by atoms with Crippen molar-refractivity contribution >= 4 is 34.5 Å². The van der Waals surface area contributed by atoms with Crippen LogP contribution >= 0.6 is 0 Å². The molecule has 5 nitrogen and oxygen atoms in total. The molecule has 0 fully saturated rings. The highest BCUT2D eigenvalue weighted by Crippen LogP contribution is 2.42. The highest BCUT2D eigenvalue weighted by Gasteiger charge is 2.35. The fraction of sp³-hybridized carbons (Fsp3) is 0.231. The van der Waals surface area contributed by atoms with Crippen molar-refractivity contribution in [1.82, 2.24) is 0 Å². The molecule has 0 saturated heterocycles. The second kappa shape index (κ2) is 7.73. The van der Waals surface area contributed by atoms with Gasteiger partial charge < -0.3 is 25.1 Å². The van der Waals surface area contributed by atoms with E-state index in [1.807, 2.05) is 44.2 Å². The van der Waals surface area contributed by atoms with Crippen LogP contribution in [0.1, 0.15) is 27.7 Å². The molecular weight excluding hydrogens is 403 g/mol.